The van der Waals surface area contributed by atoms with Crippen LogP contribution >= 0.6 is 0 Å². The standard InChI is InChI=1S/C15H21N3O2/c1-15(2,3)17-11-9-6-5-7-20-13(9)10-8-16-18-12(10)14(11)19-4/h8,17H,5-7H2,1-4H3,(H,16,18). The van der Waals surface area contributed by atoms with Gasteiger partial charge in [-0.3, -0.25) is 5.10 Å². The van der Waals surface area contributed by atoms with Crippen molar-refractivity contribution in [1.29, 1.82) is 0 Å². The first kappa shape index (κ1) is 13.1. The fraction of sp³-hybridized carbons (Fsp3) is 0.533. The number of hydrogen-bond donors (Lipinski definition) is 2. The highest BCUT2D eigenvalue weighted by atomic mass is 16.5. The monoisotopic (exact) mass is 275 g/mol. The van der Waals surface area contributed by atoms with E-state index in [-0.39, 0.29) is 5.54 Å². The Morgan fingerprint density at radius 3 is 2.90 bits per heavy atom. The molecule has 5 heteroatoms. The lowest BCUT2D eigenvalue weighted by molar-refractivity contribution is 0.291. The molecule has 1 aliphatic rings. The molecule has 1 aromatic carbocycles. The highest BCUT2D eigenvalue weighted by Gasteiger charge is 2.26. The normalized spacial score (nSPS) is 14.8. The third-order valence-electron chi connectivity index (χ3n) is 3.44. The Morgan fingerprint density at radius 1 is 1.40 bits per heavy atom. The number of aromatic amines is 1. The zero-order valence-corrected chi connectivity index (χ0v) is 12.5. The van der Waals surface area contributed by atoms with Gasteiger partial charge in [0.2, 0.25) is 0 Å². The van der Waals surface area contributed by atoms with E-state index in [1.807, 2.05) is 6.20 Å². The highest BCUT2D eigenvalue weighted by Crippen LogP contribution is 2.46. The SMILES string of the molecule is COc1c(NC(C)(C)C)c2c(c3cn[nH]c13)OCCC2. The molecule has 0 aliphatic carbocycles. The van der Waals surface area contributed by atoms with Crippen LogP contribution in [-0.2, 0) is 6.42 Å². The Balaban J connectivity index is 2.29. The number of benzene rings is 1. The van der Waals surface area contributed by atoms with Gasteiger partial charge < -0.3 is 14.8 Å². The molecule has 0 unspecified atom stereocenters. The average molecular weight is 275 g/mol. The number of nitrogens with zero attached hydrogens (tertiary/aromatic N) is 1. The van der Waals surface area contributed by atoms with E-state index >= 15 is 0 Å². The van der Waals surface area contributed by atoms with Gasteiger partial charge in [0.1, 0.15) is 11.3 Å². The summed E-state index contributed by atoms with van der Waals surface area (Å²) in [4.78, 5) is 0. The van der Waals surface area contributed by atoms with Crippen LogP contribution in [0.15, 0.2) is 6.20 Å². The van der Waals surface area contributed by atoms with E-state index in [0.29, 0.717) is 0 Å². The second kappa shape index (κ2) is 4.58. The Hall–Kier alpha value is -1.91. The fourth-order valence-electron chi connectivity index (χ4n) is 2.71. The molecular formula is C15H21N3O2. The van der Waals surface area contributed by atoms with Gasteiger partial charge in [-0.05, 0) is 33.6 Å². The van der Waals surface area contributed by atoms with E-state index in [2.05, 4.69) is 36.3 Å². The minimum Gasteiger partial charge on any atom is -0.492 e. The van der Waals surface area contributed by atoms with E-state index in [0.717, 1.165) is 47.5 Å². The van der Waals surface area contributed by atoms with E-state index in [1.54, 1.807) is 7.11 Å². The van der Waals surface area contributed by atoms with Gasteiger partial charge in [0.25, 0.3) is 0 Å². The molecule has 2 aromatic rings. The van der Waals surface area contributed by atoms with E-state index in [4.69, 9.17) is 9.47 Å². The molecule has 1 aromatic heterocycles. The zero-order valence-electron chi connectivity index (χ0n) is 12.5. The van der Waals surface area contributed by atoms with Gasteiger partial charge in [0.05, 0.1) is 31.0 Å². The summed E-state index contributed by atoms with van der Waals surface area (Å²) in [6, 6.07) is 0. The summed E-state index contributed by atoms with van der Waals surface area (Å²) in [5, 5.41) is 11.7. The molecule has 20 heavy (non-hydrogen) atoms. The number of rotatable bonds is 2. The maximum absolute atomic E-state index is 5.89. The van der Waals surface area contributed by atoms with Crippen LogP contribution in [0.25, 0.3) is 10.9 Å². The van der Waals surface area contributed by atoms with Gasteiger partial charge in [-0.2, -0.15) is 5.10 Å². The highest BCUT2D eigenvalue weighted by molar-refractivity contribution is 5.97. The van der Waals surface area contributed by atoms with E-state index in [9.17, 15) is 0 Å². The first-order valence-electron chi connectivity index (χ1n) is 6.98. The van der Waals surface area contributed by atoms with Crippen molar-refractivity contribution >= 4 is 16.6 Å². The quantitative estimate of drug-likeness (QED) is 0.884. The average Bonchev–Trinajstić information content (AvgIpc) is 2.87. The van der Waals surface area contributed by atoms with Crippen molar-refractivity contribution in [3.8, 4) is 11.5 Å². The Bertz CT molecular complexity index is 641. The fourth-order valence-corrected chi connectivity index (χ4v) is 2.71. The molecule has 0 amide bonds. The lowest BCUT2D eigenvalue weighted by Crippen LogP contribution is -2.28. The summed E-state index contributed by atoms with van der Waals surface area (Å²) in [7, 11) is 1.69. The van der Waals surface area contributed by atoms with E-state index in [1.165, 1.54) is 5.56 Å². The first-order valence-corrected chi connectivity index (χ1v) is 6.98. The number of methoxy groups -OCH3 is 1. The van der Waals surface area contributed by atoms with Crippen molar-refractivity contribution in [2.45, 2.75) is 39.2 Å². The van der Waals surface area contributed by atoms with Gasteiger partial charge in [0.15, 0.2) is 5.75 Å². The van der Waals surface area contributed by atoms with Gasteiger partial charge in [-0.25, -0.2) is 0 Å². The van der Waals surface area contributed by atoms with Crippen LogP contribution in [0.5, 0.6) is 11.5 Å². The maximum Gasteiger partial charge on any atom is 0.168 e. The van der Waals surface area contributed by atoms with Crippen LogP contribution in [0.1, 0.15) is 32.8 Å². The maximum atomic E-state index is 5.89. The predicted octanol–water partition coefficient (Wildman–Crippen LogP) is 3.11. The molecule has 2 heterocycles. The molecule has 0 saturated heterocycles. The largest absolute Gasteiger partial charge is 0.492 e. The topological polar surface area (TPSA) is 59.2 Å². The molecule has 2 N–H and O–H groups in total. The summed E-state index contributed by atoms with van der Waals surface area (Å²) in [5.41, 5.74) is 3.05. The smallest absolute Gasteiger partial charge is 0.168 e. The number of nitrogens with one attached hydrogen (secondary N) is 2. The second-order valence-electron chi connectivity index (χ2n) is 6.20. The summed E-state index contributed by atoms with van der Waals surface area (Å²) in [5.74, 6) is 1.75. The zero-order chi connectivity index (χ0) is 14.3. The molecular weight excluding hydrogens is 254 g/mol. The van der Waals surface area contributed by atoms with Gasteiger partial charge in [-0.15, -0.1) is 0 Å². The number of anilines is 1. The van der Waals surface area contributed by atoms with Crippen LogP contribution in [-0.4, -0.2) is 29.5 Å². The minimum atomic E-state index is -0.0494. The third-order valence-corrected chi connectivity index (χ3v) is 3.44. The predicted molar refractivity (Wildman–Crippen MR) is 79.8 cm³/mol. The summed E-state index contributed by atoms with van der Waals surface area (Å²) >= 11 is 0. The molecule has 0 saturated carbocycles. The molecule has 1 aliphatic heterocycles. The summed E-state index contributed by atoms with van der Waals surface area (Å²) < 4.78 is 11.5. The van der Waals surface area contributed by atoms with Crippen LogP contribution in [0.4, 0.5) is 5.69 Å². The summed E-state index contributed by atoms with van der Waals surface area (Å²) in [6.45, 7) is 7.17. The Morgan fingerprint density at radius 2 is 2.20 bits per heavy atom. The number of H-pyrrole nitrogens is 1. The Labute approximate surface area is 118 Å². The van der Waals surface area contributed by atoms with Gasteiger partial charge >= 0.3 is 0 Å². The van der Waals surface area contributed by atoms with Crippen LogP contribution in [0.3, 0.4) is 0 Å². The second-order valence-corrected chi connectivity index (χ2v) is 6.20. The van der Waals surface area contributed by atoms with Crippen molar-refractivity contribution in [2.24, 2.45) is 0 Å². The lowest BCUT2D eigenvalue weighted by Gasteiger charge is -2.29. The number of aromatic nitrogens is 2. The number of hydrogen-bond acceptors (Lipinski definition) is 4. The molecule has 5 nitrogen and oxygen atoms in total. The molecule has 0 bridgehead atoms. The van der Waals surface area contributed by atoms with Crippen LogP contribution in [0, 0.1) is 0 Å². The molecule has 3 rings (SSSR count). The molecule has 0 fully saturated rings. The minimum absolute atomic E-state index is 0.0494. The summed E-state index contributed by atoms with van der Waals surface area (Å²) in [6.07, 6.45) is 3.83. The van der Waals surface area contributed by atoms with Gasteiger partial charge in [0, 0.05) is 11.1 Å². The molecule has 0 radical (unpaired) electrons. The number of fused-ring (bicyclic) bond motifs is 3. The Kier molecular flexibility index (Phi) is 3.00. The third kappa shape index (κ3) is 2.07. The van der Waals surface area contributed by atoms with Crippen LogP contribution in [0.2, 0.25) is 0 Å². The first-order chi connectivity index (χ1) is 9.51. The van der Waals surface area contributed by atoms with Crippen molar-refractivity contribution < 1.29 is 9.47 Å². The van der Waals surface area contributed by atoms with Crippen molar-refractivity contribution in [3.63, 3.8) is 0 Å². The van der Waals surface area contributed by atoms with Crippen molar-refractivity contribution in [3.05, 3.63) is 11.8 Å². The lowest BCUT2D eigenvalue weighted by atomic mass is 9.98. The molecule has 0 atom stereocenters. The van der Waals surface area contributed by atoms with Crippen molar-refractivity contribution in [2.75, 3.05) is 19.0 Å². The molecule has 0 spiro atoms. The van der Waals surface area contributed by atoms with Crippen molar-refractivity contribution in [1.82, 2.24) is 10.2 Å². The van der Waals surface area contributed by atoms with Gasteiger partial charge in [-0.1, -0.05) is 0 Å². The number of ether oxygens (including phenoxy) is 2. The molecule has 108 valence electrons. The van der Waals surface area contributed by atoms with E-state index < -0.39 is 0 Å². The van der Waals surface area contributed by atoms with Crippen LogP contribution < -0.4 is 14.8 Å².